The third kappa shape index (κ3) is 4.70. The van der Waals surface area contributed by atoms with Gasteiger partial charge in [-0.05, 0) is 29.7 Å². The number of hydrogen-bond donors (Lipinski definition) is 2. The Bertz CT molecular complexity index is 1060. The summed E-state index contributed by atoms with van der Waals surface area (Å²) in [6, 6.07) is 7.27. The van der Waals surface area contributed by atoms with Crippen molar-refractivity contribution >= 4 is 23.1 Å². The molecule has 3 aromatic heterocycles. The van der Waals surface area contributed by atoms with Crippen molar-refractivity contribution in [2.24, 2.45) is 5.92 Å². The second-order valence-corrected chi connectivity index (χ2v) is 9.14. The zero-order valence-electron chi connectivity index (χ0n) is 17.4. The molecule has 8 heteroatoms. The summed E-state index contributed by atoms with van der Waals surface area (Å²) in [6.07, 6.45) is 6.39. The highest BCUT2D eigenvalue weighted by atomic mass is 32.1. The van der Waals surface area contributed by atoms with Crippen LogP contribution in [0.5, 0.6) is 0 Å². The average molecular weight is 426 g/mol. The lowest BCUT2D eigenvalue weighted by molar-refractivity contribution is -0.116. The highest BCUT2D eigenvalue weighted by molar-refractivity contribution is 7.13. The van der Waals surface area contributed by atoms with E-state index in [4.69, 9.17) is 0 Å². The lowest BCUT2D eigenvalue weighted by Gasteiger charge is -2.11. The van der Waals surface area contributed by atoms with Crippen LogP contribution in [0, 0.1) is 5.92 Å². The number of anilines is 1. The van der Waals surface area contributed by atoms with Gasteiger partial charge in [0, 0.05) is 18.6 Å². The molecule has 2 N–H and O–H groups in total. The SMILES string of the molecule is CC(C)c1cc(=O)[nH]c(-n2nc(-c3cccs3)cc2NC(=O)CCC2CCCC2)n1. The minimum absolute atomic E-state index is 0.0388. The number of thiophene rings is 1. The molecule has 1 saturated carbocycles. The molecule has 0 saturated heterocycles. The molecule has 3 aromatic rings. The van der Waals surface area contributed by atoms with Crippen LogP contribution in [0.15, 0.2) is 34.4 Å². The summed E-state index contributed by atoms with van der Waals surface area (Å²) in [5.74, 6) is 1.54. The van der Waals surface area contributed by atoms with Crippen LogP contribution in [-0.4, -0.2) is 25.7 Å². The fourth-order valence-corrected chi connectivity index (χ4v) is 4.56. The van der Waals surface area contributed by atoms with Crippen molar-refractivity contribution in [2.75, 3.05) is 5.32 Å². The van der Waals surface area contributed by atoms with Gasteiger partial charge in [0.2, 0.25) is 11.9 Å². The first-order valence-electron chi connectivity index (χ1n) is 10.5. The molecule has 0 unspecified atom stereocenters. The Kier molecular flexibility index (Phi) is 6.13. The first-order chi connectivity index (χ1) is 14.5. The molecule has 0 atom stereocenters. The molecule has 0 aliphatic heterocycles. The third-order valence-corrected chi connectivity index (χ3v) is 6.44. The summed E-state index contributed by atoms with van der Waals surface area (Å²) in [7, 11) is 0. The highest BCUT2D eigenvalue weighted by Gasteiger charge is 2.19. The normalized spacial score (nSPS) is 14.5. The number of carbonyl (C=O) groups is 1. The summed E-state index contributed by atoms with van der Waals surface area (Å²) in [6.45, 7) is 3.97. The molecule has 3 heterocycles. The molecule has 1 aliphatic carbocycles. The minimum atomic E-state index is -0.240. The van der Waals surface area contributed by atoms with Gasteiger partial charge in [-0.25, -0.2) is 4.98 Å². The van der Waals surface area contributed by atoms with E-state index in [9.17, 15) is 9.59 Å². The number of amides is 1. The monoisotopic (exact) mass is 425 g/mol. The maximum absolute atomic E-state index is 12.6. The molecule has 1 fully saturated rings. The molecule has 0 spiro atoms. The van der Waals surface area contributed by atoms with Gasteiger partial charge in [-0.1, -0.05) is 45.6 Å². The number of carbonyl (C=O) groups excluding carboxylic acids is 1. The smallest absolute Gasteiger partial charge is 0.252 e. The minimum Gasteiger partial charge on any atom is -0.310 e. The van der Waals surface area contributed by atoms with Crippen molar-refractivity contribution in [2.45, 2.75) is 58.3 Å². The number of hydrogen-bond acceptors (Lipinski definition) is 5. The lowest BCUT2D eigenvalue weighted by Crippen LogP contribution is -2.19. The molecule has 1 amide bonds. The largest absolute Gasteiger partial charge is 0.310 e. The van der Waals surface area contributed by atoms with Gasteiger partial charge in [0.1, 0.15) is 11.5 Å². The van der Waals surface area contributed by atoms with E-state index >= 15 is 0 Å². The summed E-state index contributed by atoms with van der Waals surface area (Å²) in [5, 5.41) is 9.60. The van der Waals surface area contributed by atoms with Gasteiger partial charge in [-0.2, -0.15) is 9.78 Å². The van der Waals surface area contributed by atoms with Gasteiger partial charge in [0.15, 0.2) is 0 Å². The maximum atomic E-state index is 12.6. The zero-order valence-corrected chi connectivity index (χ0v) is 18.2. The molecule has 0 bridgehead atoms. The number of aromatic amines is 1. The van der Waals surface area contributed by atoms with Gasteiger partial charge in [-0.3, -0.25) is 14.6 Å². The molecular formula is C22H27N5O2S. The van der Waals surface area contributed by atoms with E-state index in [0.29, 0.717) is 29.8 Å². The summed E-state index contributed by atoms with van der Waals surface area (Å²) >= 11 is 1.57. The van der Waals surface area contributed by atoms with Crippen LogP contribution >= 0.6 is 11.3 Å². The number of rotatable bonds is 7. The molecule has 4 rings (SSSR count). The Morgan fingerprint density at radius 3 is 2.83 bits per heavy atom. The third-order valence-electron chi connectivity index (χ3n) is 5.55. The van der Waals surface area contributed by atoms with Crippen LogP contribution in [-0.2, 0) is 4.79 Å². The summed E-state index contributed by atoms with van der Waals surface area (Å²) in [4.78, 5) is 33.1. The van der Waals surface area contributed by atoms with Crippen LogP contribution in [0.3, 0.4) is 0 Å². The van der Waals surface area contributed by atoms with Crippen LogP contribution in [0.1, 0.15) is 64.0 Å². The zero-order chi connectivity index (χ0) is 21.1. The predicted molar refractivity (Wildman–Crippen MR) is 119 cm³/mol. The van der Waals surface area contributed by atoms with Gasteiger partial charge in [0.25, 0.3) is 5.56 Å². The first kappa shape index (κ1) is 20.5. The molecule has 30 heavy (non-hydrogen) atoms. The Morgan fingerprint density at radius 2 is 2.13 bits per heavy atom. The topological polar surface area (TPSA) is 92.7 Å². The Morgan fingerprint density at radius 1 is 1.33 bits per heavy atom. The van der Waals surface area contributed by atoms with Gasteiger partial charge >= 0.3 is 0 Å². The van der Waals surface area contributed by atoms with Crippen molar-refractivity contribution in [3.05, 3.63) is 45.7 Å². The van der Waals surface area contributed by atoms with E-state index in [-0.39, 0.29) is 17.4 Å². The quantitative estimate of drug-likeness (QED) is 0.573. The number of H-pyrrole nitrogens is 1. The summed E-state index contributed by atoms with van der Waals surface area (Å²) in [5.41, 5.74) is 1.17. The molecule has 0 radical (unpaired) electrons. The Labute approximate surface area is 179 Å². The van der Waals surface area contributed by atoms with Crippen molar-refractivity contribution in [1.82, 2.24) is 19.7 Å². The van der Waals surface area contributed by atoms with E-state index in [1.165, 1.54) is 36.4 Å². The molecule has 1 aliphatic rings. The van der Waals surface area contributed by atoms with Crippen molar-refractivity contribution < 1.29 is 4.79 Å². The fraction of sp³-hybridized carbons (Fsp3) is 0.455. The van der Waals surface area contributed by atoms with E-state index in [1.807, 2.05) is 37.4 Å². The van der Waals surface area contributed by atoms with Crippen molar-refractivity contribution in [1.29, 1.82) is 0 Å². The van der Waals surface area contributed by atoms with Crippen LogP contribution < -0.4 is 10.9 Å². The molecule has 0 aromatic carbocycles. The first-order valence-corrected chi connectivity index (χ1v) is 11.4. The van der Waals surface area contributed by atoms with E-state index in [1.54, 1.807) is 11.3 Å². The van der Waals surface area contributed by atoms with Crippen molar-refractivity contribution in [3.8, 4) is 16.5 Å². The maximum Gasteiger partial charge on any atom is 0.252 e. The fourth-order valence-electron chi connectivity index (χ4n) is 3.88. The van der Waals surface area contributed by atoms with Crippen LogP contribution in [0.4, 0.5) is 5.82 Å². The highest BCUT2D eigenvalue weighted by Crippen LogP contribution is 2.30. The number of nitrogens with zero attached hydrogens (tertiary/aromatic N) is 3. The molecular weight excluding hydrogens is 398 g/mol. The Hall–Kier alpha value is -2.74. The summed E-state index contributed by atoms with van der Waals surface area (Å²) < 4.78 is 1.52. The standard InChI is InChI=1S/C22H27N5O2S/c1-14(2)16-13-21(29)25-22(23-16)27-19(12-17(26-27)18-8-5-11-30-18)24-20(28)10-9-15-6-3-4-7-15/h5,8,11-15H,3-4,6-7,9-10H2,1-2H3,(H,24,28)(H,23,25,29). The number of nitrogens with one attached hydrogen (secondary N) is 2. The van der Waals surface area contributed by atoms with E-state index in [0.717, 1.165) is 17.0 Å². The van der Waals surface area contributed by atoms with Crippen LogP contribution in [0.25, 0.3) is 16.5 Å². The van der Waals surface area contributed by atoms with E-state index in [2.05, 4.69) is 20.4 Å². The predicted octanol–water partition coefficient (Wildman–Crippen LogP) is 4.72. The molecule has 158 valence electrons. The second kappa shape index (κ2) is 8.95. The van der Waals surface area contributed by atoms with Gasteiger partial charge in [0.05, 0.1) is 10.6 Å². The van der Waals surface area contributed by atoms with Crippen LogP contribution in [0.2, 0.25) is 0 Å². The van der Waals surface area contributed by atoms with E-state index < -0.39 is 0 Å². The molecule has 7 nitrogen and oxygen atoms in total. The van der Waals surface area contributed by atoms with Gasteiger partial charge < -0.3 is 5.32 Å². The number of aromatic nitrogens is 4. The average Bonchev–Trinajstić information content (AvgIpc) is 3.47. The van der Waals surface area contributed by atoms with Crippen molar-refractivity contribution in [3.63, 3.8) is 0 Å². The second-order valence-electron chi connectivity index (χ2n) is 8.19. The van der Waals surface area contributed by atoms with Gasteiger partial charge in [-0.15, -0.1) is 11.3 Å². The lowest BCUT2D eigenvalue weighted by atomic mass is 10.0. The Balaban J connectivity index is 1.63.